The Labute approximate surface area is 144 Å². The van der Waals surface area contributed by atoms with Crippen molar-refractivity contribution in [1.29, 1.82) is 0 Å². The second kappa shape index (κ2) is 9.42. The highest BCUT2D eigenvalue weighted by molar-refractivity contribution is 5.89. The molecule has 5 heteroatoms. The van der Waals surface area contributed by atoms with Gasteiger partial charge in [0.05, 0.1) is 12.0 Å². The van der Waals surface area contributed by atoms with Gasteiger partial charge in [0.15, 0.2) is 0 Å². The van der Waals surface area contributed by atoms with E-state index in [0.717, 1.165) is 31.2 Å². The first kappa shape index (κ1) is 18.5. The predicted octanol–water partition coefficient (Wildman–Crippen LogP) is 2.27. The molecule has 5 nitrogen and oxygen atoms in total. The molecule has 1 saturated heterocycles. The lowest BCUT2D eigenvalue weighted by atomic mass is 10.1. The van der Waals surface area contributed by atoms with Crippen LogP contribution in [-0.4, -0.2) is 41.5 Å². The van der Waals surface area contributed by atoms with E-state index in [-0.39, 0.29) is 30.4 Å². The number of aliphatic hydroxyl groups is 1. The topological polar surface area (TPSA) is 69.6 Å². The molecule has 1 aliphatic rings. The molecule has 2 N–H and O–H groups in total. The average Bonchev–Trinajstić information content (AvgIpc) is 3.00. The molecule has 24 heavy (non-hydrogen) atoms. The van der Waals surface area contributed by atoms with Crippen LogP contribution in [0.1, 0.15) is 50.6 Å². The number of rotatable bonds is 9. The number of amides is 2. The second-order valence-electron chi connectivity index (χ2n) is 6.46. The molecule has 2 rings (SSSR count). The van der Waals surface area contributed by atoms with E-state index in [9.17, 15) is 9.59 Å². The van der Waals surface area contributed by atoms with Crippen molar-refractivity contribution in [3.63, 3.8) is 0 Å². The summed E-state index contributed by atoms with van der Waals surface area (Å²) in [5.74, 6) is -0.219. The molecule has 1 fully saturated rings. The number of unbranched alkanes of at least 4 members (excludes halogenated alkanes) is 3. The Balaban J connectivity index is 1.78. The Bertz CT molecular complexity index is 533. The molecule has 2 atom stereocenters. The van der Waals surface area contributed by atoms with Gasteiger partial charge in [-0.25, -0.2) is 0 Å². The quantitative estimate of drug-likeness (QED) is 0.682. The van der Waals surface area contributed by atoms with E-state index in [1.54, 1.807) is 4.90 Å². The van der Waals surface area contributed by atoms with E-state index in [1.165, 1.54) is 0 Å². The number of benzene rings is 1. The van der Waals surface area contributed by atoms with Gasteiger partial charge in [0.1, 0.15) is 0 Å². The predicted molar refractivity (Wildman–Crippen MR) is 93.2 cm³/mol. The highest BCUT2D eigenvalue weighted by Crippen LogP contribution is 2.28. The monoisotopic (exact) mass is 332 g/mol. The van der Waals surface area contributed by atoms with Crippen molar-refractivity contribution in [2.75, 3.05) is 19.7 Å². The molecule has 2 amide bonds. The summed E-state index contributed by atoms with van der Waals surface area (Å²) in [6, 6.07) is 9.91. The zero-order chi connectivity index (χ0) is 17.4. The highest BCUT2D eigenvalue weighted by atomic mass is 16.3. The van der Waals surface area contributed by atoms with E-state index in [0.29, 0.717) is 19.5 Å². The molecule has 1 aromatic carbocycles. The summed E-state index contributed by atoms with van der Waals surface area (Å²) in [6.07, 6.45) is 4.01. The number of aliphatic hydroxyl groups excluding tert-OH is 1. The number of nitrogens with zero attached hydrogens (tertiary/aromatic N) is 1. The Morgan fingerprint density at radius 3 is 2.67 bits per heavy atom. The van der Waals surface area contributed by atoms with Crippen molar-refractivity contribution in [3.05, 3.63) is 35.9 Å². The molecule has 0 radical (unpaired) electrons. The van der Waals surface area contributed by atoms with Crippen molar-refractivity contribution < 1.29 is 14.7 Å². The van der Waals surface area contributed by atoms with E-state index in [1.807, 2.05) is 37.3 Å². The third-order valence-electron chi connectivity index (χ3n) is 4.66. The first-order valence-corrected chi connectivity index (χ1v) is 8.86. The number of likely N-dealkylation sites (tertiary alicyclic amines) is 1. The SMILES string of the molecule is CC(c1ccccc1)N1CC(C(=O)NCCCCCCO)CC1=O. The molecular weight excluding hydrogens is 304 g/mol. The number of carbonyl (C=O) groups is 2. The number of hydrogen-bond donors (Lipinski definition) is 2. The maximum absolute atomic E-state index is 12.3. The van der Waals surface area contributed by atoms with Crippen molar-refractivity contribution in [2.24, 2.45) is 5.92 Å². The Morgan fingerprint density at radius 1 is 1.25 bits per heavy atom. The van der Waals surface area contributed by atoms with Crippen molar-refractivity contribution in [1.82, 2.24) is 10.2 Å². The van der Waals surface area contributed by atoms with E-state index < -0.39 is 0 Å². The van der Waals surface area contributed by atoms with Crippen molar-refractivity contribution in [2.45, 2.75) is 45.1 Å². The number of nitrogens with one attached hydrogen (secondary N) is 1. The smallest absolute Gasteiger partial charge is 0.225 e. The Hall–Kier alpha value is -1.88. The van der Waals surface area contributed by atoms with Crippen LogP contribution in [0.4, 0.5) is 0 Å². The molecule has 0 spiro atoms. The minimum atomic E-state index is -0.249. The van der Waals surface area contributed by atoms with Crippen LogP contribution in [0.2, 0.25) is 0 Å². The molecular formula is C19H28N2O3. The van der Waals surface area contributed by atoms with E-state index >= 15 is 0 Å². The van der Waals surface area contributed by atoms with Crippen LogP contribution in [0, 0.1) is 5.92 Å². The summed E-state index contributed by atoms with van der Waals surface area (Å²) >= 11 is 0. The molecule has 0 aliphatic carbocycles. The normalized spacial score (nSPS) is 18.7. The summed E-state index contributed by atoms with van der Waals surface area (Å²) in [4.78, 5) is 26.3. The van der Waals surface area contributed by atoms with Crippen LogP contribution in [0.3, 0.4) is 0 Å². The highest BCUT2D eigenvalue weighted by Gasteiger charge is 2.36. The molecule has 1 aliphatic heterocycles. The van der Waals surface area contributed by atoms with Crippen LogP contribution in [-0.2, 0) is 9.59 Å². The van der Waals surface area contributed by atoms with Gasteiger partial charge in [-0.3, -0.25) is 9.59 Å². The van der Waals surface area contributed by atoms with Gasteiger partial charge in [0.25, 0.3) is 0 Å². The van der Waals surface area contributed by atoms with Gasteiger partial charge in [-0.1, -0.05) is 43.2 Å². The van der Waals surface area contributed by atoms with Gasteiger partial charge in [-0.05, 0) is 25.3 Å². The third kappa shape index (κ3) is 5.06. The fraction of sp³-hybridized carbons (Fsp3) is 0.579. The third-order valence-corrected chi connectivity index (χ3v) is 4.66. The lowest BCUT2D eigenvalue weighted by Gasteiger charge is -2.25. The van der Waals surface area contributed by atoms with Gasteiger partial charge in [-0.15, -0.1) is 0 Å². The summed E-state index contributed by atoms with van der Waals surface area (Å²) < 4.78 is 0. The summed E-state index contributed by atoms with van der Waals surface area (Å²) in [5.41, 5.74) is 1.09. The van der Waals surface area contributed by atoms with Gasteiger partial charge in [-0.2, -0.15) is 0 Å². The standard InChI is InChI=1S/C19H28N2O3/c1-15(16-9-5-4-6-10-16)21-14-17(13-18(21)23)19(24)20-11-7-2-3-8-12-22/h4-6,9-10,15,17,22H,2-3,7-8,11-14H2,1H3,(H,20,24). The summed E-state index contributed by atoms with van der Waals surface area (Å²) in [7, 11) is 0. The lowest BCUT2D eigenvalue weighted by molar-refractivity contribution is -0.130. The zero-order valence-corrected chi connectivity index (χ0v) is 14.4. The summed E-state index contributed by atoms with van der Waals surface area (Å²) in [5, 5.41) is 11.7. The minimum absolute atomic E-state index is 0.00465. The van der Waals surface area contributed by atoms with Gasteiger partial charge in [0, 0.05) is 26.1 Å². The number of carbonyl (C=O) groups excluding carboxylic acids is 2. The number of hydrogen-bond acceptors (Lipinski definition) is 3. The molecule has 2 unspecified atom stereocenters. The van der Waals surface area contributed by atoms with Gasteiger partial charge >= 0.3 is 0 Å². The Kier molecular flexibility index (Phi) is 7.25. The van der Waals surface area contributed by atoms with Crippen LogP contribution < -0.4 is 5.32 Å². The minimum Gasteiger partial charge on any atom is -0.396 e. The lowest BCUT2D eigenvalue weighted by Crippen LogP contribution is -2.34. The van der Waals surface area contributed by atoms with E-state index in [4.69, 9.17) is 5.11 Å². The Morgan fingerprint density at radius 2 is 1.96 bits per heavy atom. The van der Waals surface area contributed by atoms with Gasteiger partial charge < -0.3 is 15.3 Å². The second-order valence-corrected chi connectivity index (χ2v) is 6.46. The first-order valence-electron chi connectivity index (χ1n) is 8.86. The molecule has 0 saturated carbocycles. The van der Waals surface area contributed by atoms with Crippen LogP contribution in [0.15, 0.2) is 30.3 Å². The fourth-order valence-corrected chi connectivity index (χ4v) is 3.14. The molecule has 0 bridgehead atoms. The molecule has 1 aromatic rings. The maximum Gasteiger partial charge on any atom is 0.225 e. The van der Waals surface area contributed by atoms with Crippen LogP contribution in [0.5, 0.6) is 0 Å². The van der Waals surface area contributed by atoms with Gasteiger partial charge in [0.2, 0.25) is 11.8 Å². The summed E-state index contributed by atoms with van der Waals surface area (Å²) in [6.45, 7) is 3.37. The van der Waals surface area contributed by atoms with Crippen LogP contribution >= 0.6 is 0 Å². The van der Waals surface area contributed by atoms with E-state index in [2.05, 4.69) is 5.32 Å². The largest absolute Gasteiger partial charge is 0.396 e. The fourth-order valence-electron chi connectivity index (χ4n) is 3.14. The first-order chi connectivity index (χ1) is 11.6. The average molecular weight is 332 g/mol. The molecule has 0 aromatic heterocycles. The maximum atomic E-state index is 12.3. The molecule has 1 heterocycles. The van der Waals surface area contributed by atoms with Crippen molar-refractivity contribution >= 4 is 11.8 Å². The van der Waals surface area contributed by atoms with Crippen molar-refractivity contribution in [3.8, 4) is 0 Å². The van der Waals surface area contributed by atoms with Crippen LogP contribution in [0.25, 0.3) is 0 Å². The molecule has 132 valence electrons. The zero-order valence-electron chi connectivity index (χ0n) is 14.4.